The molecular weight excluding hydrogens is 317 g/mol. The number of benzene rings is 1. The number of anilines is 1. The van der Waals surface area contributed by atoms with Crippen molar-refractivity contribution in [3.8, 4) is 0 Å². The summed E-state index contributed by atoms with van der Waals surface area (Å²) < 4.78 is 37.2. The normalized spacial score (nSPS) is 22.0. The third-order valence-corrected chi connectivity index (χ3v) is 4.66. The van der Waals surface area contributed by atoms with Gasteiger partial charge in [-0.2, -0.15) is 13.2 Å². The van der Waals surface area contributed by atoms with Gasteiger partial charge >= 0.3 is 6.18 Å². The second kappa shape index (κ2) is 7.01. The Morgan fingerprint density at radius 1 is 1.29 bits per heavy atom. The summed E-state index contributed by atoms with van der Waals surface area (Å²) in [6.07, 6.45) is 0.0186. The Hall–Kier alpha value is -1.76. The molecule has 1 unspecified atom stereocenters. The molecule has 1 aliphatic heterocycles. The molecule has 24 heavy (non-hydrogen) atoms. The standard InChI is InChI=1S/C17H23F3N4/c18-17(19,20)11-24-7-6-12(10-24)9-22-16(21)23-15-5-4-13-2-1-3-14(13)8-15/h4-5,8,12H,1-3,6-7,9-11H2,(H3,21,22,23). The molecule has 0 aromatic heterocycles. The van der Waals surface area contributed by atoms with E-state index < -0.39 is 12.7 Å². The topological polar surface area (TPSA) is 53.6 Å². The maximum Gasteiger partial charge on any atom is 0.401 e. The van der Waals surface area contributed by atoms with Crippen LogP contribution in [0.1, 0.15) is 24.0 Å². The Balaban J connectivity index is 1.48. The van der Waals surface area contributed by atoms with Crippen LogP contribution in [0.3, 0.4) is 0 Å². The predicted molar refractivity (Wildman–Crippen MR) is 89.2 cm³/mol. The number of nitrogens with zero attached hydrogens (tertiary/aromatic N) is 2. The van der Waals surface area contributed by atoms with Crippen molar-refractivity contribution in [2.45, 2.75) is 31.9 Å². The van der Waals surface area contributed by atoms with Crippen molar-refractivity contribution in [3.05, 3.63) is 29.3 Å². The summed E-state index contributed by atoms with van der Waals surface area (Å²) in [6.45, 7) is 0.515. The maximum atomic E-state index is 12.4. The average molecular weight is 340 g/mol. The molecule has 0 radical (unpaired) electrons. The van der Waals surface area contributed by atoms with Gasteiger partial charge in [-0.05, 0) is 61.4 Å². The van der Waals surface area contributed by atoms with Gasteiger partial charge in [0.2, 0.25) is 0 Å². The van der Waals surface area contributed by atoms with Crippen molar-refractivity contribution in [2.75, 3.05) is 31.5 Å². The number of aliphatic imine (C=N–C) groups is 1. The molecule has 1 heterocycles. The highest BCUT2D eigenvalue weighted by Crippen LogP contribution is 2.25. The minimum absolute atomic E-state index is 0.132. The van der Waals surface area contributed by atoms with Crippen molar-refractivity contribution in [3.63, 3.8) is 0 Å². The van der Waals surface area contributed by atoms with Crippen LogP contribution >= 0.6 is 0 Å². The number of nitrogens with one attached hydrogen (secondary N) is 1. The van der Waals surface area contributed by atoms with Crippen LogP contribution in [-0.2, 0) is 12.8 Å². The molecule has 0 amide bonds. The first-order valence-corrected chi connectivity index (χ1v) is 8.37. The van der Waals surface area contributed by atoms with E-state index >= 15 is 0 Å². The number of rotatable bonds is 4. The Kier molecular flexibility index (Phi) is 4.99. The molecule has 1 aromatic rings. The van der Waals surface area contributed by atoms with Gasteiger partial charge in [0.1, 0.15) is 0 Å². The van der Waals surface area contributed by atoms with Gasteiger partial charge < -0.3 is 11.1 Å². The number of halogens is 3. The molecule has 1 aliphatic carbocycles. The molecule has 3 N–H and O–H groups in total. The lowest BCUT2D eigenvalue weighted by Gasteiger charge is -2.17. The molecule has 0 spiro atoms. The molecule has 1 fully saturated rings. The quantitative estimate of drug-likeness (QED) is 0.655. The van der Waals surface area contributed by atoms with Gasteiger partial charge in [-0.15, -0.1) is 0 Å². The van der Waals surface area contributed by atoms with Crippen LogP contribution in [0.25, 0.3) is 0 Å². The largest absolute Gasteiger partial charge is 0.401 e. The van der Waals surface area contributed by atoms with Gasteiger partial charge in [0.15, 0.2) is 5.96 Å². The number of alkyl halides is 3. The number of nitrogens with two attached hydrogens (primary N) is 1. The highest BCUT2D eigenvalue weighted by atomic mass is 19.4. The maximum absolute atomic E-state index is 12.4. The van der Waals surface area contributed by atoms with E-state index in [0.29, 0.717) is 25.6 Å². The molecule has 1 saturated heterocycles. The van der Waals surface area contributed by atoms with Crippen LogP contribution in [-0.4, -0.2) is 43.2 Å². The number of likely N-dealkylation sites (tertiary alicyclic amines) is 1. The van der Waals surface area contributed by atoms with E-state index in [0.717, 1.165) is 24.9 Å². The van der Waals surface area contributed by atoms with Crippen LogP contribution in [0, 0.1) is 5.92 Å². The van der Waals surface area contributed by atoms with E-state index in [1.807, 2.05) is 6.07 Å². The van der Waals surface area contributed by atoms with Gasteiger partial charge in [-0.3, -0.25) is 9.89 Å². The molecule has 1 atom stereocenters. The number of hydrogen-bond donors (Lipinski definition) is 2. The summed E-state index contributed by atoms with van der Waals surface area (Å²) in [5.41, 5.74) is 9.58. The third-order valence-electron chi connectivity index (χ3n) is 4.66. The minimum atomic E-state index is -4.13. The molecule has 132 valence electrons. The number of hydrogen-bond acceptors (Lipinski definition) is 2. The Morgan fingerprint density at radius 2 is 2.08 bits per heavy atom. The molecular formula is C17H23F3N4. The first kappa shape index (κ1) is 17.1. The lowest BCUT2D eigenvalue weighted by Crippen LogP contribution is -2.32. The molecule has 7 heteroatoms. The zero-order valence-corrected chi connectivity index (χ0v) is 13.6. The summed E-state index contributed by atoms with van der Waals surface area (Å²) in [6, 6.07) is 6.21. The fourth-order valence-corrected chi connectivity index (χ4v) is 3.52. The number of fused-ring (bicyclic) bond motifs is 1. The van der Waals surface area contributed by atoms with E-state index in [4.69, 9.17) is 5.73 Å². The molecule has 0 bridgehead atoms. The zero-order chi connectivity index (χ0) is 17.2. The Morgan fingerprint density at radius 3 is 2.88 bits per heavy atom. The van der Waals surface area contributed by atoms with E-state index in [2.05, 4.69) is 22.4 Å². The first-order valence-electron chi connectivity index (χ1n) is 8.37. The number of aryl methyl sites for hydroxylation is 2. The van der Waals surface area contributed by atoms with E-state index in [9.17, 15) is 13.2 Å². The lowest BCUT2D eigenvalue weighted by molar-refractivity contribution is -0.143. The third kappa shape index (κ3) is 4.63. The fourth-order valence-electron chi connectivity index (χ4n) is 3.52. The van der Waals surface area contributed by atoms with Gasteiger partial charge in [0.25, 0.3) is 0 Å². The van der Waals surface area contributed by atoms with Gasteiger partial charge in [0, 0.05) is 18.8 Å². The van der Waals surface area contributed by atoms with Crippen molar-refractivity contribution < 1.29 is 13.2 Å². The smallest absolute Gasteiger partial charge is 0.370 e. The van der Waals surface area contributed by atoms with E-state index in [1.165, 1.54) is 22.4 Å². The van der Waals surface area contributed by atoms with E-state index in [-0.39, 0.29) is 5.92 Å². The summed E-state index contributed by atoms with van der Waals surface area (Å²) in [5, 5.41) is 3.08. The molecule has 3 rings (SSSR count). The van der Waals surface area contributed by atoms with Crippen LogP contribution < -0.4 is 11.1 Å². The van der Waals surface area contributed by atoms with Gasteiger partial charge in [-0.1, -0.05) is 6.07 Å². The first-order chi connectivity index (χ1) is 11.4. The molecule has 0 saturated carbocycles. The minimum Gasteiger partial charge on any atom is -0.370 e. The fraction of sp³-hybridized carbons (Fsp3) is 0.588. The van der Waals surface area contributed by atoms with Crippen LogP contribution in [0.2, 0.25) is 0 Å². The molecule has 4 nitrogen and oxygen atoms in total. The highest BCUT2D eigenvalue weighted by Gasteiger charge is 2.34. The highest BCUT2D eigenvalue weighted by molar-refractivity contribution is 5.92. The van der Waals surface area contributed by atoms with Gasteiger partial charge in [-0.25, -0.2) is 0 Å². The zero-order valence-electron chi connectivity index (χ0n) is 13.6. The van der Waals surface area contributed by atoms with E-state index in [1.54, 1.807) is 0 Å². The van der Waals surface area contributed by atoms with Crippen molar-refractivity contribution in [1.82, 2.24) is 4.90 Å². The number of guanidine groups is 1. The van der Waals surface area contributed by atoms with Crippen molar-refractivity contribution >= 4 is 11.6 Å². The second-order valence-corrected chi connectivity index (χ2v) is 6.69. The lowest BCUT2D eigenvalue weighted by atomic mass is 10.1. The Bertz CT molecular complexity index is 612. The summed E-state index contributed by atoms with van der Waals surface area (Å²) in [4.78, 5) is 5.74. The van der Waals surface area contributed by atoms with Crippen LogP contribution in [0.5, 0.6) is 0 Å². The Labute approximate surface area is 139 Å². The molecule has 2 aliphatic rings. The van der Waals surface area contributed by atoms with Crippen LogP contribution in [0.4, 0.5) is 18.9 Å². The average Bonchev–Trinajstić information content (AvgIpc) is 3.12. The summed E-state index contributed by atoms with van der Waals surface area (Å²) in [5.74, 6) is 0.454. The van der Waals surface area contributed by atoms with Gasteiger partial charge in [0.05, 0.1) is 6.54 Å². The molecule has 1 aromatic carbocycles. The monoisotopic (exact) mass is 340 g/mol. The van der Waals surface area contributed by atoms with Crippen molar-refractivity contribution in [2.24, 2.45) is 16.6 Å². The SMILES string of the molecule is NC(=NCC1CCN(CC(F)(F)F)C1)Nc1ccc2c(c1)CCC2. The predicted octanol–water partition coefficient (Wildman–Crippen LogP) is 2.79. The van der Waals surface area contributed by atoms with Crippen molar-refractivity contribution in [1.29, 1.82) is 0 Å². The summed E-state index contributed by atoms with van der Waals surface area (Å²) in [7, 11) is 0. The second-order valence-electron chi connectivity index (χ2n) is 6.69. The summed E-state index contributed by atoms with van der Waals surface area (Å²) >= 11 is 0. The van der Waals surface area contributed by atoms with Crippen LogP contribution in [0.15, 0.2) is 23.2 Å².